The summed E-state index contributed by atoms with van der Waals surface area (Å²) in [6.07, 6.45) is 2.42. The molecule has 0 amide bonds. The van der Waals surface area contributed by atoms with E-state index in [1.807, 2.05) is 36.4 Å². The first kappa shape index (κ1) is 21.0. The molecule has 150 valence electrons. The van der Waals surface area contributed by atoms with E-state index in [-0.39, 0.29) is 12.4 Å². The predicted molar refractivity (Wildman–Crippen MR) is 117 cm³/mol. The summed E-state index contributed by atoms with van der Waals surface area (Å²) in [5.74, 6) is 0.871. The summed E-state index contributed by atoms with van der Waals surface area (Å²) in [5.41, 5.74) is 1.11. The summed E-state index contributed by atoms with van der Waals surface area (Å²) in [6.45, 7) is 3.95. The van der Waals surface area contributed by atoms with E-state index in [0.29, 0.717) is 17.2 Å². The van der Waals surface area contributed by atoms with Gasteiger partial charge >= 0.3 is 0 Å². The first-order valence-electron chi connectivity index (χ1n) is 9.01. The average Bonchev–Trinajstić information content (AvgIpc) is 3.15. The van der Waals surface area contributed by atoms with Gasteiger partial charge in [0.05, 0.1) is 0 Å². The van der Waals surface area contributed by atoms with E-state index in [9.17, 15) is 8.42 Å². The minimum absolute atomic E-state index is 0. The van der Waals surface area contributed by atoms with Crippen molar-refractivity contribution in [3.8, 4) is 0 Å². The maximum Gasteiger partial charge on any atom is 0.250 e. The van der Waals surface area contributed by atoms with Crippen LogP contribution in [0, 0.1) is 0 Å². The Bertz CT molecular complexity index is 1020. The number of pyridine rings is 1. The van der Waals surface area contributed by atoms with Crippen LogP contribution in [-0.4, -0.2) is 46.1 Å². The zero-order chi connectivity index (χ0) is 18.7. The minimum Gasteiger partial charge on any atom is -0.354 e. The van der Waals surface area contributed by atoms with Gasteiger partial charge in [0, 0.05) is 49.0 Å². The molecule has 9 heteroatoms. The van der Waals surface area contributed by atoms with Gasteiger partial charge in [0.2, 0.25) is 10.0 Å². The van der Waals surface area contributed by atoms with Crippen LogP contribution >= 0.6 is 23.7 Å². The van der Waals surface area contributed by atoms with Crippen molar-refractivity contribution in [1.82, 2.24) is 15.0 Å². The van der Waals surface area contributed by atoms with Crippen molar-refractivity contribution < 1.29 is 8.42 Å². The van der Waals surface area contributed by atoms with Crippen molar-refractivity contribution in [2.45, 2.75) is 10.6 Å². The van der Waals surface area contributed by atoms with E-state index in [0.717, 1.165) is 47.6 Å². The molecule has 0 atom stereocenters. The van der Waals surface area contributed by atoms with Crippen LogP contribution in [0.3, 0.4) is 0 Å². The first-order valence-corrected chi connectivity index (χ1v) is 11.3. The highest BCUT2D eigenvalue weighted by Gasteiger charge is 2.21. The predicted octanol–water partition coefficient (Wildman–Crippen LogP) is 2.65. The number of aromatic nitrogens is 1. The van der Waals surface area contributed by atoms with Crippen molar-refractivity contribution in [3.63, 3.8) is 0 Å². The number of sulfonamides is 1. The fraction of sp³-hybridized carbons (Fsp3) is 0.316. The summed E-state index contributed by atoms with van der Waals surface area (Å²) < 4.78 is 29.5. The largest absolute Gasteiger partial charge is 0.354 e. The highest BCUT2D eigenvalue weighted by Crippen LogP contribution is 2.34. The van der Waals surface area contributed by atoms with E-state index >= 15 is 0 Å². The van der Waals surface area contributed by atoms with Crippen molar-refractivity contribution in [1.29, 1.82) is 0 Å². The lowest BCUT2D eigenvalue weighted by atomic mass is 10.2. The molecule has 4 rings (SSSR count). The van der Waals surface area contributed by atoms with Crippen molar-refractivity contribution in [2.75, 3.05) is 37.6 Å². The lowest BCUT2D eigenvalue weighted by Gasteiger charge is -2.28. The first-order chi connectivity index (χ1) is 13.1. The van der Waals surface area contributed by atoms with Gasteiger partial charge in [0.25, 0.3) is 0 Å². The molecular weight excluding hydrogens is 416 g/mol. The van der Waals surface area contributed by atoms with Crippen LogP contribution in [0.1, 0.15) is 5.56 Å². The number of nitrogens with zero attached hydrogens (tertiary/aromatic N) is 2. The Balaban J connectivity index is 0.00000225. The monoisotopic (exact) mass is 438 g/mol. The molecule has 6 nitrogen and oxygen atoms in total. The van der Waals surface area contributed by atoms with Gasteiger partial charge in [-0.15, -0.1) is 23.7 Å². The van der Waals surface area contributed by atoms with Gasteiger partial charge in [0.1, 0.15) is 10.0 Å². The maximum absolute atomic E-state index is 12.7. The molecule has 0 aliphatic carbocycles. The highest BCUT2D eigenvalue weighted by molar-refractivity contribution is 7.91. The molecule has 3 aromatic rings. The number of anilines is 1. The number of nitrogens with one attached hydrogen (secondary N) is 2. The number of hydrogen-bond donors (Lipinski definition) is 2. The van der Waals surface area contributed by atoms with Gasteiger partial charge in [-0.1, -0.05) is 30.3 Å². The van der Waals surface area contributed by atoms with Gasteiger partial charge in [-0.3, -0.25) is 0 Å². The van der Waals surface area contributed by atoms with Crippen molar-refractivity contribution >= 4 is 49.7 Å². The van der Waals surface area contributed by atoms with E-state index < -0.39 is 10.0 Å². The summed E-state index contributed by atoms with van der Waals surface area (Å²) in [4.78, 5) is 6.73. The van der Waals surface area contributed by atoms with Crippen LogP contribution < -0.4 is 14.9 Å². The van der Waals surface area contributed by atoms with Gasteiger partial charge in [-0.2, -0.15) is 0 Å². The molecule has 1 aliphatic rings. The molecule has 0 spiro atoms. The Morgan fingerprint density at radius 1 is 1.14 bits per heavy atom. The Hall–Kier alpha value is -1.71. The second kappa shape index (κ2) is 9.19. The molecule has 1 saturated heterocycles. The average molecular weight is 439 g/mol. The van der Waals surface area contributed by atoms with Crippen LogP contribution in [0.25, 0.3) is 10.1 Å². The van der Waals surface area contributed by atoms with Crippen LogP contribution in [0.5, 0.6) is 0 Å². The zero-order valence-corrected chi connectivity index (χ0v) is 17.7. The third-order valence-corrected chi connectivity index (χ3v) is 7.67. The van der Waals surface area contributed by atoms with Gasteiger partial charge in [0.15, 0.2) is 0 Å². The molecule has 0 radical (unpaired) electrons. The molecule has 0 saturated carbocycles. The molecular formula is C19H23ClN4O2S2. The summed E-state index contributed by atoms with van der Waals surface area (Å²) in [5, 5.41) is 4.24. The quantitative estimate of drug-likeness (QED) is 0.618. The third kappa shape index (κ3) is 4.64. The summed E-state index contributed by atoms with van der Waals surface area (Å²) in [7, 11) is -3.53. The molecule has 2 N–H and O–H groups in total. The van der Waals surface area contributed by atoms with Crippen LogP contribution in [0.15, 0.2) is 52.9 Å². The number of thiophene rings is 1. The second-order valence-electron chi connectivity index (χ2n) is 6.48. The Kier molecular flexibility index (Phi) is 6.90. The maximum atomic E-state index is 12.7. The van der Waals surface area contributed by atoms with Gasteiger partial charge < -0.3 is 10.2 Å². The third-order valence-electron chi connectivity index (χ3n) is 4.63. The molecule has 1 aromatic carbocycles. The van der Waals surface area contributed by atoms with Crippen molar-refractivity contribution in [3.05, 3.63) is 54.2 Å². The number of rotatable bonds is 6. The molecule has 1 fully saturated rings. The normalized spacial score (nSPS) is 14.8. The Morgan fingerprint density at radius 2 is 1.89 bits per heavy atom. The fourth-order valence-electron chi connectivity index (χ4n) is 3.23. The summed E-state index contributed by atoms with van der Waals surface area (Å²) >= 11 is 1.30. The minimum atomic E-state index is -3.53. The van der Waals surface area contributed by atoms with Gasteiger partial charge in [-0.05, 0) is 24.1 Å². The van der Waals surface area contributed by atoms with Crippen LogP contribution in [0.2, 0.25) is 0 Å². The van der Waals surface area contributed by atoms with E-state index in [1.54, 1.807) is 12.3 Å². The number of hydrogen-bond acceptors (Lipinski definition) is 6. The Morgan fingerprint density at radius 3 is 2.64 bits per heavy atom. The topological polar surface area (TPSA) is 74.3 Å². The van der Waals surface area contributed by atoms with Gasteiger partial charge in [-0.25, -0.2) is 18.1 Å². The van der Waals surface area contributed by atoms with Crippen molar-refractivity contribution in [2.24, 2.45) is 0 Å². The lowest BCUT2D eigenvalue weighted by molar-refractivity contribution is 0.583. The number of fused-ring (bicyclic) bond motifs is 1. The molecule has 28 heavy (non-hydrogen) atoms. The van der Waals surface area contributed by atoms with E-state index in [4.69, 9.17) is 0 Å². The van der Waals surface area contributed by atoms with Crippen LogP contribution in [-0.2, 0) is 16.4 Å². The fourth-order valence-corrected chi connectivity index (χ4v) is 5.69. The lowest BCUT2D eigenvalue weighted by Crippen LogP contribution is -2.43. The molecule has 3 heterocycles. The molecule has 1 aliphatic heterocycles. The zero-order valence-electron chi connectivity index (χ0n) is 15.3. The number of piperazine rings is 1. The smallest absolute Gasteiger partial charge is 0.250 e. The highest BCUT2D eigenvalue weighted by atomic mass is 35.5. The number of halogens is 1. The molecule has 2 aromatic heterocycles. The SMILES string of the molecule is Cl.O=S(=O)(NCCc1ccccc1)c1cc2c(N3CCNCC3)nccc2s1. The summed E-state index contributed by atoms with van der Waals surface area (Å²) in [6, 6.07) is 13.5. The second-order valence-corrected chi connectivity index (χ2v) is 9.56. The molecule has 0 bridgehead atoms. The molecule has 0 unspecified atom stereocenters. The number of benzene rings is 1. The Labute approximate surface area is 175 Å². The van der Waals surface area contributed by atoms with E-state index in [2.05, 4.69) is 19.9 Å². The standard InChI is InChI=1S/C19H22N4O2S2.ClH/c24-27(25,22-9-6-15-4-2-1-3-5-15)18-14-16-17(26-18)7-8-21-19(16)23-12-10-20-11-13-23;/h1-5,7-8,14,20,22H,6,9-13H2;1H. The van der Waals surface area contributed by atoms with Crippen LogP contribution in [0.4, 0.5) is 5.82 Å². The van der Waals surface area contributed by atoms with E-state index in [1.165, 1.54) is 11.3 Å².